The van der Waals surface area contributed by atoms with Crippen LogP contribution in [0.25, 0.3) is 22.2 Å². The van der Waals surface area contributed by atoms with Gasteiger partial charge < -0.3 is 9.90 Å². The van der Waals surface area contributed by atoms with Gasteiger partial charge in [-0.25, -0.2) is 8.78 Å². The molecule has 6 nitrogen and oxygen atoms in total. The Morgan fingerprint density at radius 1 is 1.12 bits per heavy atom. The van der Waals surface area contributed by atoms with Gasteiger partial charge in [-0.2, -0.15) is 0 Å². The van der Waals surface area contributed by atoms with Gasteiger partial charge in [-0.15, -0.1) is 0 Å². The Kier molecular flexibility index (Phi) is 3.72. The van der Waals surface area contributed by atoms with Gasteiger partial charge in [0.2, 0.25) is 0 Å². The van der Waals surface area contributed by atoms with Gasteiger partial charge in [0.05, 0.1) is 16.1 Å². The molecule has 3 aromatic rings. The minimum absolute atomic E-state index is 0.00303. The van der Waals surface area contributed by atoms with Crippen LogP contribution >= 0.6 is 0 Å². The van der Waals surface area contributed by atoms with E-state index in [-0.39, 0.29) is 28.0 Å². The maximum Gasteiger partial charge on any atom is 0.271 e. The maximum absolute atomic E-state index is 13.2. The lowest BCUT2D eigenvalue weighted by Gasteiger charge is -2.14. The zero-order valence-electron chi connectivity index (χ0n) is 12.0. The number of carbonyl (C=O) groups is 1. The quantitative estimate of drug-likeness (QED) is 0.544. The molecule has 0 aliphatic heterocycles. The Bertz CT molecular complexity index is 966. The highest BCUT2D eigenvalue weighted by Crippen LogP contribution is 2.35. The van der Waals surface area contributed by atoms with Gasteiger partial charge in [0, 0.05) is 28.6 Å². The molecule has 0 aliphatic carbocycles. The van der Waals surface area contributed by atoms with Crippen LogP contribution in [0.4, 0.5) is 19.3 Å². The van der Waals surface area contributed by atoms with Crippen LogP contribution in [0.5, 0.6) is 0 Å². The largest absolute Gasteiger partial charge is 0.529 e. The van der Waals surface area contributed by atoms with Gasteiger partial charge in [0.1, 0.15) is 6.09 Å². The minimum atomic E-state index is -2.80. The molecule has 8 heteroatoms. The lowest BCUT2D eigenvalue weighted by atomic mass is 10.0. The van der Waals surface area contributed by atoms with E-state index in [0.29, 0.717) is 9.95 Å². The highest BCUT2D eigenvalue weighted by Gasteiger charge is 2.20. The van der Waals surface area contributed by atoms with Crippen molar-refractivity contribution in [3.05, 3.63) is 64.2 Å². The second kappa shape index (κ2) is 5.73. The topological polar surface area (TPSA) is 88.2 Å². The average Bonchev–Trinajstić information content (AvgIpc) is 2.93. The van der Waals surface area contributed by atoms with Crippen molar-refractivity contribution in [2.24, 2.45) is 0 Å². The van der Waals surface area contributed by atoms with Crippen molar-refractivity contribution in [1.29, 1.82) is 0 Å². The summed E-state index contributed by atoms with van der Waals surface area (Å²) in [5.41, 5.74) is -0.644. The Morgan fingerprint density at radius 3 is 2.46 bits per heavy atom. The average molecular weight is 331 g/mol. The van der Waals surface area contributed by atoms with Gasteiger partial charge in [-0.05, 0) is 12.1 Å². The lowest BCUT2D eigenvalue weighted by molar-refractivity contribution is -0.384. The summed E-state index contributed by atoms with van der Waals surface area (Å²) in [4.78, 5) is 21.7. The fourth-order valence-corrected chi connectivity index (χ4v) is 2.62. The number of halogens is 2. The molecule has 0 radical (unpaired) electrons. The number of nitrogens with zero attached hydrogens (tertiary/aromatic N) is 2. The van der Waals surface area contributed by atoms with Crippen molar-refractivity contribution in [1.82, 2.24) is 4.57 Å². The molecular weight excluding hydrogens is 322 g/mol. The Balaban J connectivity index is 2.35. The summed E-state index contributed by atoms with van der Waals surface area (Å²) >= 11 is 0. The molecule has 122 valence electrons. The van der Waals surface area contributed by atoms with Crippen molar-refractivity contribution in [2.75, 3.05) is 0 Å². The zero-order valence-corrected chi connectivity index (χ0v) is 12.0. The van der Waals surface area contributed by atoms with Crippen molar-refractivity contribution < 1.29 is 23.6 Å². The second-order valence-electron chi connectivity index (χ2n) is 5.02. The Morgan fingerprint density at radius 2 is 1.83 bits per heavy atom. The molecule has 0 atom stereocenters. The predicted octanol–water partition coefficient (Wildman–Crippen LogP) is 3.35. The molecule has 0 bridgehead atoms. The fraction of sp³-hybridized carbons (Fsp3) is 0.0625. The van der Waals surface area contributed by atoms with E-state index < -0.39 is 17.4 Å². The van der Waals surface area contributed by atoms with E-state index in [4.69, 9.17) is 0 Å². The van der Waals surface area contributed by atoms with Crippen LogP contribution in [0.15, 0.2) is 48.5 Å². The van der Waals surface area contributed by atoms with Crippen LogP contribution in [-0.4, -0.2) is 15.6 Å². The van der Waals surface area contributed by atoms with E-state index in [1.165, 1.54) is 42.5 Å². The molecule has 0 unspecified atom stereocenters. The second-order valence-corrected chi connectivity index (χ2v) is 5.02. The normalized spacial score (nSPS) is 11.1. The third kappa shape index (κ3) is 2.47. The molecular formula is C16H9F2N2O4-. The van der Waals surface area contributed by atoms with Crippen molar-refractivity contribution in [3.8, 4) is 11.3 Å². The fourth-order valence-electron chi connectivity index (χ4n) is 2.62. The number of benzene rings is 2. The molecule has 2 aromatic carbocycles. The first-order chi connectivity index (χ1) is 11.4. The number of aromatic nitrogens is 1. The number of fused-ring (bicyclic) bond motifs is 1. The molecule has 0 saturated carbocycles. The SMILES string of the molecule is O=C([O-])n1c(-c2ccccc2C(F)F)cc2ccc([N+](=O)[O-])cc21. The minimum Gasteiger partial charge on any atom is -0.529 e. The van der Waals surface area contributed by atoms with E-state index in [2.05, 4.69) is 0 Å². The lowest BCUT2D eigenvalue weighted by Crippen LogP contribution is -2.29. The Hall–Kier alpha value is -3.29. The molecule has 3 rings (SSSR count). The predicted molar refractivity (Wildman–Crippen MR) is 79.8 cm³/mol. The van der Waals surface area contributed by atoms with Crippen molar-refractivity contribution in [3.63, 3.8) is 0 Å². The first kappa shape index (κ1) is 15.6. The van der Waals surface area contributed by atoms with Crippen LogP contribution in [0.1, 0.15) is 12.0 Å². The maximum atomic E-state index is 13.2. The van der Waals surface area contributed by atoms with Crippen LogP contribution in [0.3, 0.4) is 0 Å². The number of nitro groups is 1. The number of hydrogen-bond donors (Lipinski definition) is 0. The molecule has 1 aromatic heterocycles. The summed E-state index contributed by atoms with van der Waals surface area (Å²) in [5.74, 6) is 0. The van der Waals surface area contributed by atoms with E-state index >= 15 is 0 Å². The first-order valence-electron chi connectivity index (χ1n) is 6.79. The van der Waals surface area contributed by atoms with E-state index in [0.717, 1.165) is 6.07 Å². The number of carbonyl (C=O) groups excluding carboxylic acids is 1. The van der Waals surface area contributed by atoms with Gasteiger partial charge in [-0.1, -0.05) is 24.3 Å². The third-order valence-corrected chi connectivity index (χ3v) is 3.65. The molecule has 0 aliphatic rings. The summed E-state index contributed by atoms with van der Waals surface area (Å²) in [6.07, 6.45) is -4.46. The monoisotopic (exact) mass is 331 g/mol. The number of hydrogen-bond acceptors (Lipinski definition) is 4. The van der Waals surface area contributed by atoms with Crippen LogP contribution in [-0.2, 0) is 0 Å². The molecule has 0 N–H and O–H groups in total. The number of nitro benzene ring substituents is 1. The summed E-state index contributed by atoms with van der Waals surface area (Å²) in [5, 5.41) is 22.8. The molecule has 0 amide bonds. The highest BCUT2D eigenvalue weighted by molar-refractivity contribution is 5.96. The first-order valence-corrected chi connectivity index (χ1v) is 6.79. The summed E-state index contributed by atoms with van der Waals surface area (Å²) in [6.45, 7) is 0. The Labute approximate surface area is 133 Å². The molecule has 0 saturated heterocycles. The van der Waals surface area contributed by atoms with E-state index in [9.17, 15) is 28.8 Å². The molecule has 0 fully saturated rings. The summed E-state index contributed by atoms with van der Waals surface area (Å²) in [7, 11) is 0. The standard InChI is InChI=1S/C16H10F2N2O4/c17-15(18)12-4-2-1-3-11(12)14-7-9-5-6-10(20(23)24)8-13(9)19(14)16(21)22/h1-8,15H,(H,21,22)/p-1. The van der Waals surface area contributed by atoms with Crippen molar-refractivity contribution in [2.45, 2.75) is 6.43 Å². The van der Waals surface area contributed by atoms with Crippen LogP contribution in [0.2, 0.25) is 0 Å². The number of rotatable bonds is 3. The summed E-state index contributed by atoms with van der Waals surface area (Å²) in [6, 6.07) is 10.5. The van der Waals surface area contributed by atoms with Gasteiger partial charge >= 0.3 is 0 Å². The van der Waals surface area contributed by atoms with Gasteiger partial charge in [-0.3, -0.25) is 14.7 Å². The highest BCUT2D eigenvalue weighted by atomic mass is 19.3. The van der Waals surface area contributed by atoms with E-state index in [1.54, 1.807) is 0 Å². The zero-order chi connectivity index (χ0) is 17.4. The van der Waals surface area contributed by atoms with Gasteiger partial charge in [0.15, 0.2) is 0 Å². The molecule has 1 heterocycles. The molecule has 0 spiro atoms. The number of alkyl halides is 2. The van der Waals surface area contributed by atoms with E-state index in [1.807, 2.05) is 0 Å². The van der Waals surface area contributed by atoms with Crippen molar-refractivity contribution >= 4 is 22.7 Å². The third-order valence-electron chi connectivity index (χ3n) is 3.65. The van der Waals surface area contributed by atoms with Gasteiger partial charge in [0.25, 0.3) is 12.1 Å². The number of non-ortho nitro benzene ring substituents is 1. The summed E-state index contributed by atoms with van der Waals surface area (Å²) < 4.78 is 27.1. The smallest absolute Gasteiger partial charge is 0.271 e. The molecule has 24 heavy (non-hydrogen) atoms. The number of carboxylic acid groups (broad SMARTS) is 1. The van der Waals surface area contributed by atoms with Crippen LogP contribution < -0.4 is 5.11 Å². The van der Waals surface area contributed by atoms with Crippen LogP contribution in [0, 0.1) is 10.1 Å².